The molecule has 132 valence electrons. The molecule has 0 bridgehead atoms. The van der Waals surface area contributed by atoms with Crippen molar-refractivity contribution in [2.75, 3.05) is 38.7 Å². The van der Waals surface area contributed by atoms with Crippen molar-refractivity contribution >= 4 is 11.8 Å². The van der Waals surface area contributed by atoms with Crippen LogP contribution in [0.15, 0.2) is 12.4 Å². The highest BCUT2D eigenvalue weighted by Crippen LogP contribution is 2.17. The molecule has 0 spiro atoms. The Morgan fingerprint density at radius 3 is 2.92 bits per heavy atom. The minimum absolute atomic E-state index is 0.00709. The lowest BCUT2D eigenvalue weighted by atomic mass is 10.1. The smallest absolute Gasteiger partial charge is 0.317 e. The molecular formula is C16H25N5O3. The highest BCUT2D eigenvalue weighted by atomic mass is 16.5. The number of nitrogens with one attached hydrogen (secondary N) is 2. The van der Waals surface area contributed by atoms with Gasteiger partial charge in [-0.05, 0) is 25.7 Å². The molecule has 2 amide bonds. The minimum atomic E-state index is 0.00709. The van der Waals surface area contributed by atoms with Crippen LogP contribution in [0.5, 0.6) is 5.88 Å². The molecule has 0 aliphatic carbocycles. The zero-order valence-electron chi connectivity index (χ0n) is 14.0. The number of hydrogen-bond acceptors (Lipinski definition) is 6. The second kappa shape index (κ2) is 8.14. The van der Waals surface area contributed by atoms with E-state index in [9.17, 15) is 4.79 Å². The van der Waals surface area contributed by atoms with Gasteiger partial charge >= 0.3 is 6.03 Å². The van der Waals surface area contributed by atoms with Crippen molar-refractivity contribution < 1.29 is 14.3 Å². The van der Waals surface area contributed by atoms with Gasteiger partial charge in [-0.3, -0.25) is 0 Å². The van der Waals surface area contributed by atoms with Crippen LogP contribution in [-0.4, -0.2) is 66.4 Å². The van der Waals surface area contributed by atoms with Crippen molar-refractivity contribution in [2.24, 2.45) is 0 Å². The highest BCUT2D eigenvalue weighted by Gasteiger charge is 2.24. The third kappa shape index (κ3) is 4.47. The number of methoxy groups -OCH3 is 1. The first-order chi connectivity index (χ1) is 11.7. The number of nitrogens with zero attached hydrogens (tertiary/aromatic N) is 3. The molecule has 2 aliphatic rings. The number of ether oxygens (including phenoxy) is 2. The van der Waals surface area contributed by atoms with Crippen LogP contribution in [0.3, 0.4) is 0 Å². The first-order valence-electron chi connectivity index (χ1n) is 8.51. The molecule has 1 aromatic heterocycles. The molecule has 24 heavy (non-hydrogen) atoms. The number of urea groups is 1. The van der Waals surface area contributed by atoms with E-state index in [2.05, 4.69) is 20.6 Å². The Balaban J connectivity index is 1.40. The third-order valence-electron chi connectivity index (χ3n) is 4.49. The van der Waals surface area contributed by atoms with E-state index in [4.69, 9.17) is 9.47 Å². The lowest BCUT2D eigenvalue weighted by Gasteiger charge is -2.32. The van der Waals surface area contributed by atoms with Crippen LogP contribution in [0.4, 0.5) is 10.6 Å². The second-order valence-corrected chi connectivity index (χ2v) is 6.17. The van der Waals surface area contributed by atoms with E-state index in [1.54, 1.807) is 13.2 Å². The van der Waals surface area contributed by atoms with Crippen LogP contribution in [0.2, 0.25) is 0 Å². The lowest BCUT2D eigenvalue weighted by molar-refractivity contribution is 0.108. The van der Waals surface area contributed by atoms with Crippen LogP contribution in [0.25, 0.3) is 0 Å². The van der Waals surface area contributed by atoms with E-state index in [-0.39, 0.29) is 12.1 Å². The summed E-state index contributed by atoms with van der Waals surface area (Å²) in [6, 6.07) is 2.08. The van der Waals surface area contributed by atoms with Gasteiger partial charge in [-0.25, -0.2) is 14.8 Å². The first-order valence-corrected chi connectivity index (χ1v) is 8.51. The number of likely N-dealkylation sites (tertiary alicyclic amines) is 1. The second-order valence-electron chi connectivity index (χ2n) is 6.17. The molecule has 3 rings (SSSR count). The summed E-state index contributed by atoms with van der Waals surface area (Å²) >= 11 is 0. The van der Waals surface area contributed by atoms with Gasteiger partial charge in [-0.2, -0.15) is 0 Å². The molecule has 8 nitrogen and oxygen atoms in total. The summed E-state index contributed by atoms with van der Waals surface area (Å²) in [5, 5.41) is 6.36. The fraction of sp³-hybridized carbons (Fsp3) is 0.688. The quantitative estimate of drug-likeness (QED) is 0.842. The van der Waals surface area contributed by atoms with E-state index < -0.39 is 0 Å². The molecule has 2 aliphatic heterocycles. The summed E-state index contributed by atoms with van der Waals surface area (Å²) in [6.45, 7) is 2.89. The zero-order valence-corrected chi connectivity index (χ0v) is 14.0. The molecule has 1 aromatic rings. The summed E-state index contributed by atoms with van der Waals surface area (Å²) in [6.07, 6.45) is 5.56. The summed E-state index contributed by atoms with van der Waals surface area (Å²) in [5.74, 6) is 1.29. The van der Waals surface area contributed by atoms with Gasteiger partial charge in [0.25, 0.3) is 0 Å². The Labute approximate surface area is 141 Å². The van der Waals surface area contributed by atoms with Crippen molar-refractivity contribution in [1.82, 2.24) is 20.2 Å². The monoisotopic (exact) mass is 335 g/mol. The Kier molecular flexibility index (Phi) is 5.68. The van der Waals surface area contributed by atoms with Gasteiger partial charge < -0.3 is 25.0 Å². The zero-order chi connectivity index (χ0) is 16.8. The number of carbonyl (C=O) groups is 1. The molecular weight excluding hydrogens is 310 g/mol. The van der Waals surface area contributed by atoms with Gasteiger partial charge in [0.2, 0.25) is 5.88 Å². The molecule has 2 saturated heterocycles. The van der Waals surface area contributed by atoms with E-state index in [0.717, 1.165) is 51.2 Å². The summed E-state index contributed by atoms with van der Waals surface area (Å²) < 4.78 is 10.6. The molecule has 2 fully saturated rings. The number of aromatic nitrogens is 2. The maximum absolute atomic E-state index is 12.2. The van der Waals surface area contributed by atoms with E-state index in [0.29, 0.717) is 18.5 Å². The van der Waals surface area contributed by atoms with Crippen LogP contribution < -0.4 is 15.4 Å². The number of amides is 2. The van der Waals surface area contributed by atoms with Crippen molar-refractivity contribution in [3.63, 3.8) is 0 Å². The Bertz CT molecular complexity index is 542. The summed E-state index contributed by atoms with van der Waals surface area (Å²) in [4.78, 5) is 22.3. The number of rotatable bonds is 5. The SMILES string of the molecule is COc1cc(NC2CCN(C(=O)NCC3CCCO3)CC2)ncn1. The summed E-state index contributed by atoms with van der Waals surface area (Å²) in [5.41, 5.74) is 0. The Morgan fingerprint density at radius 1 is 1.38 bits per heavy atom. The van der Waals surface area contributed by atoms with Crippen LogP contribution in [0.1, 0.15) is 25.7 Å². The molecule has 8 heteroatoms. The van der Waals surface area contributed by atoms with Crippen LogP contribution >= 0.6 is 0 Å². The molecule has 0 aromatic carbocycles. The maximum Gasteiger partial charge on any atom is 0.317 e. The standard InChI is InChI=1S/C16H25N5O3/c1-23-15-9-14(18-11-19-15)20-12-4-6-21(7-5-12)16(22)17-10-13-3-2-8-24-13/h9,11-13H,2-8,10H2,1H3,(H,17,22)(H,18,19,20). The molecule has 0 radical (unpaired) electrons. The molecule has 1 unspecified atom stereocenters. The number of anilines is 1. The third-order valence-corrected chi connectivity index (χ3v) is 4.49. The molecule has 2 N–H and O–H groups in total. The fourth-order valence-electron chi connectivity index (χ4n) is 3.08. The predicted octanol–water partition coefficient (Wildman–Crippen LogP) is 1.25. The average molecular weight is 335 g/mol. The maximum atomic E-state index is 12.2. The summed E-state index contributed by atoms with van der Waals surface area (Å²) in [7, 11) is 1.58. The largest absolute Gasteiger partial charge is 0.481 e. The topological polar surface area (TPSA) is 88.6 Å². The van der Waals surface area contributed by atoms with Crippen molar-refractivity contribution in [3.05, 3.63) is 12.4 Å². The van der Waals surface area contributed by atoms with E-state index in [1.165, 1.54) is 6.33 Å². The van der Waals surface area contributed by atoms with Crippen molar-refractivity contribution in [3.8, 4) is 5.88 Å². The number of hydrogen-bond donors (Lipinski definition) is 2. The van der Waals surface area contributed by atoms with Gasteiger partial charge in [-0.15, -0.1) is 0 Å². The number of carbonyl (C=O) groups excluding carboxylic acids is 1. The fourth-order valence-corrected chi connectivity index (χ4v) is 3.08. The Morgan fingerprint density at radius 2 is 2.21 bits per heavy atom. The lowest BCUT2D eigenvalue weighted by Crippen LogP contribution is -2.48. The van der Waals surface area contributed by atoms with Crippen molar-refractivity contribution in [1.29, 1.82) is 0 Å². The molecule has 0 saturated carbocycles. The first kappa shape index (κ1) is 16.8. The molecule has 1 atom stereocenters. The van der Waals surface area contributed by atoms with E-state index >= 15 is 0 Å². The van der Waals surface area contributed by atoms with Gasteiger partial charge in [0, 0.05) is 38.3 Å². The predicted molar refractivity (Wildman–Crippen MR) is 89.2 cm³/mol. The van der Waals surface area contributed by atoms with Gasteiger partial charge in [0.05, 0.1) is 13.2 Å². The van der Waals surface area contributed by atoms with Crippen LogP contribution in [-0.2, 0) is 4.74 Å². The van der Waals surface area contributed by atoms with Gasteiger partial charge in [-0.1, -0.05) is 0 Å². The van der Waals surface area contributed by atoms with Crippen molar-refractivity contribution in [2.45, 2.75) is 37.8 Å². The molecule has 3 heterocycles. The Hall–Kier alpha value is -2.09. The van der Waals surface area contributed by atoms with Gasteiger partial charge in [0.15, 0.2) is 0 Å². The van der Waals surface area contributed by atoms with Crippen LogP contribution in [0, 0.1) is 0 Å². The highest BCUT2D eigenvalue weighted by molar-refractivity contribution is 5.74. The normalized spacial score (nSPS) is 21.5. The minimum Gasteiger partial charge on any atom is -0.481 e. The van der Waals surface area contributed by atoms with E-state index in [1.807, 2.05) is 4.90 Å². The number of piperidine rings is 1. The van der Waals surface area contributed by atoms with Gasteiger partial charge in [0.1, 0.15) is 12.1 Å². The average Bonchev–Trinajstić information content (AvgIpc) is 3.14.